The van der Waals surface area contributed by atoms with Crippen molar-refractivity contribution in [2.75, 3.05) is 28.2 Å². The number of benzene rings is 2. The molecule has 2 fully saturated rings. The van der Waals surface area contributed by atoms with E-state index >= 15 is 0 Å². The molecule has 2 heterocycles. The lowest BCUT2D eigenvalue weighted by Gasteiger charge is -2.48. The number of carbonyl (C=O) groups excluding carboxylic acids is 2. The number of carbonyl (C=O) groups is 2. The van der Waals surface area contributed by atoms with E-state index in [1.165, 1.54) is 0 Å². The highest BCUT2D eigenvalue weighted by atomic mass is 16.7. The Labute approximate surface area is 295 Å². The predicted octanol–water partition coefficient (Wildman–Crippen LogP) is 1.80. The quantitative estimate of drug-likeness (QED) is 0.173. The average Bonchev–Trinajstić information content (AvgIpc) is 3.06. The Balaban J connectivity index is 1.53. The van der Waals surface area contributed by atoms with Crippen molar-refractivity contribution < 1.29 is 64.3 Å². The van der Waals surface area contributed by atoms with Crippen LogP contribution in [0.4, 0.5) is 0 Å². The number of phenolic OH excluding ortho intramolecular Hbond substituents is 4. The van der Waals surface area contributed by atoms with Crippen molar-refractivity contribution in [1.82, 2.24) is 9.80 Å². The normalized spacial score (nSPS) is 35.1. The summed E-state index contributed by atoms with van der Waals surface area (Å²) >= 11 is 0. The van der Waals surface area contributed by atoms with Gasteiger partial charge >= 0.3 is 0 Å². The number of aromatic hydroxyl groups is 4. The predicted molar refractivity (Wildman–Crippen MR) is 179 cm³/mol. The van der Waals surface area contributed by atoms with Crippen LogP contribution in [0.3, 0.4) is 0 Å². The number of aliphatic hydroxyl groups excluding tert-OH is 2. The second kappa shape index (κ2) is 13.5. The molecule has 0 aromatic heterocycles. The van der Waals surface area contributed by atoms with Crippen LogP contribution >= 0.6 is 0 Å². The molecule has 2 aliphatic heterocycles. The molecule has 2 aromatic rings. The molecule has 15 nitrogen and oxygen atoms in total. The van der Waals surface area contributed by atoms with Crippen LogP contribution in [0, 0.1) is 0 Å². The van der Waals surface area contributed by atoms with Gasteiger partial charge in [-0.05, 0) is 60.6 Å². The molecule has 11 atom stereocenters. The summed E-state index contributed by atoms with van der Waals surface area (Å²) in [5, 5.41) is 79.4. The Kier molecular flexibility index (Phi) is 9.93. The van der Waals surface area contributed by atoms with E-state index in [9.17, 15) is 45.3 Å². The highest BCUT2D eigenvalue weighted by Crippen LogP contribution is 2.58. The minimum Gasteiger partial charge on any atom is -0.507 e. The molecule has 280 valence electrons. The fraction of sp³-hybridized carbons (Fsp3) is 0.611. The maximum Gasteiger partial charge on any atom is 0.202 e. The summed E-state index contributed by atoms with van der Waals surface area (Å²) in [7, 11) is 7.19. The van der Waals surface area contributed by atoms with Crippen LogP contribution in [-0.4, -0.2) is 140 Å². The second-order valence-corrected chi connectivity index (χ2v) is 14.6. The summed E-state index contributed by atoms with van der Waals surface area (Å²) in [6.07, 6.45) is -7.65. The van der Waals surface area contributed by atoms with Gasteiger partial charge in [-0.15, -0.1) is 0 Å². The Hall–Kier alpha value is -3.38. The molecule has 2 saturated heterocycles. The number of ether oxygens (including phenoxy) is 4. The molecule has 0 amide bonds. The van der Waals surface area contributed by atoms with Gasteiger partial charge in [0.2, 0.25) is 11.6 Å². The summed E-state index contributed by atoms with van der Waals surface area (Å²) in [5.74, 6) is -4.84. The fourth-order valence-electron chi connectivity index (χ4n) is 8.12. The van der Waals surface area contributed by atoms with Gasteiger partial charge in [0.25, 0.3) is 0 Å². The van der Waals surface area contributed by atoms with Gasteiger partial charge in [0, 0.05) is 42.5 Å². The zero-order valence-electron chi connectivity index (χ0n) is 29.7. The number of ketones is 2. The lowest BCUT2D eigenvalue weighted by molar-refractivity contribution is -0.289. The maximum absolute atomic E-state index is 14.0. The first-order valence-electron chi connectivity index (χ1n) is 17.2. The van der Waals surface area contributed by atoms with Gasteiger partial charge in [0.15, 0.2) is 12.6 Å². The van der Waals surface area contributed by atoms with Gasteiger partial charge in [-0.2, -0.15) is 0 Å². The molecule has 6 rings (SSSR count). The zero-order valence-corrected chi connectivity index (χ0v) is 29.7. The summed E-state index contributed by atoms with van der Waals surface area (Å²) in [6, 6.07) is 1.28. The molecular formula is C36H48N2O13. The van der Waals surface area contributed by atoms with E-state index in [4.69, 9.17) is 18.9 Å². The number of hydrogen-bond donors (Lipinski definition) is 7. The summed E-state index contributed by atoms with van der Waals surface area (Å²) in [4.78, 5) is 31.7. The first-order chi connectivity index (χ1) is 23.9. The first-order valence-corrected chi connectivity index (χ1v) is 17.2. The van der Waals surface area contributed by atoms with Gasteiger partial charge < -0.3 is 64.5 Å². The van der Waals surface area contributed by atoms with Crippen LogP contribution < -0.4 is 0 Å². The molecule has 7 N–H and O–H groups in total. The third-order valence-corrected chi connectivity index (χ3v) is 11.1. The Morgan fingerprint density at radius 3 is 1.61 bits per heavy atom. The molecule has 0 radical (unpaired) electrons. The number of phenols is 4. The van der Waals surface area contributed by atoms with Gasteiger partial charge in [0.05, 0.1) is 58.4 Å². The zero-order chi connectivity index (χ0) is 37.4. The molecule has 4 aliphatic rings. The SMILES string of the molecule is CC[C@@]1(O)C[C@H](O[C@@H]2C[C@@H](N(C)C)[C@H](O)[C@@H](C)O2)c2c(O)c3c(c(O)c2[C@H]1O[C@@H]1C[C@@H](N(C)C)[C@@H](O)[C@@H](C)O1)C(=O)c1c(O)ccc(O)c1C3=O. The van der Waals surface area contributed by atoms with E-state index in [-0.39, 0.29) is 42.9 Å². The van der Waals surface area contributed by atoms with Crippen LogP contribution in [0.1, 0.15) is 102 Å². The Morgan fingerprint density at radius 1 is 0.745 bits per heavy atom. The molecule has 0 unspecified atom stereocenters. The third-order valence-electron chi connectivity index (χ3n) is 11.1. The minimum absolute atomic E-state index is 0.0294. The number of nitrogens with zero attached hydrogens (tertiary/aromatic N) is 2. The van der Waals surface area contributed by atoms with Gasteiger partial charge in [-0.25, -0.2) is 0 Å². The topological polar surface area (TPSA) is 219 Å². The average molecular weight is 717 g/mol. The van der Waals surface area contributed by atoms with Gasteiger partial charge in [-0.3, -0.25) is 9.59 Å². The van der Waals surface area contributed by atoms with Crippen molar-refractivity contribution in [3.05, 3.63) is 45.5 Å². The van der Waals surface area contributed by atoms with Crippen molar-refractivity contribution in [1.29, 1.82) is 0 Å². The van der Waals surface area contributed by atoms with Crippen molar-refractivity contribution in [2.45, 2.75) is 113 Å². The molecule has 0 saturated carbocycles. The molecule has 0 bridgehead atoms. The summed E-state index contributed by atoms with van der Waals surface area (Å²) < 4.78 is 25.0. The molecule has 2 aromatic carbocycles. The van der Waals surface area contributed by atoms with Crippen LogP contribution in [0.5, 0.6) is 23.0 Å². The molecule has 51 heavy (non-hydrogen) atoms. The van der Waals surface area contributed by atoms with E-state index in [1.807, 2.05) is 9.80 Å². The van der Waals surface area contributed by atoms with E-state index in [0.717, 1.165) is 12.1 Å². The van der Waals surface area contributed by atoms with E-state index < -0.39 is 118 Å². The smallest absolute Gasteiger partial charge is 0.202 e. The lowest BCUT2D eigenvalue weighted by Crippen LogP contribution is -2.55. The minimum atomic E-state index is -1.83. The molecule has 15 heteroatoms. The van der Waals surface area contributed by atoms with Gasteiger partial charge in [-0.1, -0.05) is 6.92 Å². The number of likely N-dealkylation sites (N-methyl/N-ethyl adjacent to an activating group) is 2. The van der Waals surface area contributed by atoms with Crippen molar-refractivity contribution >= 4 is 11.6 Å². The maximum atomic E-state index is 14.0. The number of rotatable bonds is 7. The largest absolute Gasteiger partial charge is 0.507 e. The van der Waals surface area contributed by atoms with Crippen LogP contribution in [0.25, 0.3) is 0 Å². The third kappa shape index (κ3) is 6.07. The first kappa shape index (κ1) is 37.4. The Bertz CT molecular complexity index is 1710. The van der Waals surface area contributed by atoms with Gasteiger partial charge in [0.1, 0.15) is 29.1 Å². The Morgan fingerprint density at radius 2 is 1.18 bits per heavy atom. The number of aliphatic hydroxyl groups is 3. The molecule has 2 aliphatic carbocycles. The second-order valence-electron chi connectivity index (χ2n) is 14.6. The van der Waals surface area contributed by atoms with E-state index in [0.29, 0.717) is 0 Å². The van der Waals surface area contributed by atoms with E-state index in [2.05, 4.69) is 0 Å². The molecular weight excluding hydrogens is 668 g/mol. The lowest BCUT2D eigenvalue weighted by atomic mass is 9.70. The molecule has 0 spiro atoms. The van der Waals surface area contributed by atoms with Crippen molar-refractivity contribution in [3.63, 3.8) is 0 Å². The standard InChI is InChI=1S/C36H48N2O13/c1-8-36(47)13-20(50-21-11-16(37(4)5)29(41)14(2)48-21)25-28(35(36)51-22-12-17(38(6)7)30(42)15(3)49-22)34(46)27-26(33(25)45)31(43)23-18(39)9-10-19(40)24(23)32(27)44/h9-10,14-17,20-22,29-30,35,39-42,45-47H,8,11-13H2,1-7H3/t14-,15-,16-,17-,20+,21-,22-,29-,30+,35-,36-/m1/s1. The van der Waals surface area contributed by atoms with E-state index in [1.54, 1.807) is 49.0 Å². The van der Waals surface area contributed by atoms with Crippen LogP contribution in [0.2, 0.25) is 0 Å². The van der Waals surface area contributed by atoms with Crippen LogP contribution in [-0.2, 0) is 18.9 Å². The van der Waals surface area contributed by atoms with Crippen LogP contribution in [0.15, 0.2) is 12.1 Å². The summed E-state index contributed by atoms with van der Waals surface area (Å²) in [5.41, 5.74) is -4.56. The van der Waals surface area contributed by atoms with Crippen molar-refractivity contribution in [2.24, 2.45) is 0 Å². The fourth-order valence-corrected chi connectivity index (χ4v) is 8.12. The summed E-state index contributed by atoms with van der Waals surface area (Å²) in [6.45, 7) is 5.05. The number of fused-ring (bicyclic) bond motifs is 3. The highest BCUT2D eigenvalue weighted by molar-refractivity contribution is 6.32. The monoisotopic (exact) mass is 716 g/mol. The number of hydrogen-bond acceptors (Lipinski definition) is 15. The highest BCUT2D eigenvalue weighted by Gasteiger charge is 2.54. The van der Waals surface area contributed by atoms with Crippen molar-refractivity contribution in [3.8, 4) is 23.0 Å².